The molecule has 91 heavy (non-hydrogen) atoms. The molecule has 0 aliphatic heterocycles. The topological polar surface area (TPSA) is 9.72 Å². The molecule has 3 heteroatoms. The molecule has 0 saturated heterocycles. The summed E-state index contributed by atoms with van der Waals surface area (Å²) >= 11 is 0. The Morgan fingerprint density at radius 3 is 0.879 bits per heavy atom. The van der Waals surface area contributed by atoms with Crippen molar-refractivity contribution >= 4 is 94.3 Å². The van der Waals surface area contributed by atoms with Crippen LogP contribution in [-0.4, -0.2) is 0 Å². The number of rotatable bonds is 14. The van der Waals surface area contributed by atoms with Gasteiger partial charge < -0.3 is 14.7 Å². The minimum absolute atomic E-state index is 1.08. The summed E-state index contributed by atoms with van der Waals surface area (Å²) in [5.41, 5.74) is 21.4. The maximum atomic E-state index is 2.48. The Labute approximate surface area is 531 Å². The average molecular weight is 1160 g/mol. The molecule has 0 unspecified atom stereocenters. The van der Waals surface area contributed by atoms with Gasteiger partial charge in [0.15, 0.2) is 0 Å². The van der Waals surface area contributed by atoms with Gasteiger partial charge in [-0.2, -0.15) is 0 Å². The summed E-state index contributed by atoms with van der Waals surface area (Å²) in [6.07, 6.45) is 0. The molecule has 0 N–H and O–H groups in total. The molecule has 0 spiro atoms. The van der Waals surface area contributed by atoms with E-state index in [-0.39, 0.29) is 0 Å². The van der Waals surface area contributed by atoms with Crippen molar-refractivity contribution in [3.8, 4) is 55.6 Å². The van der Waals surface area contributed by atoms with Gasteiger partial charge in [-0.15, -0.1) is 0 Å². The monoisotopic (exact) mass is 1160 g/mol. The van der Waals surface area contributed by atoms with Gasteiger partial charge in [0.2, 0.25) is 0 Å². The van der Waals surface area contributed by atoms with E-state index in [2.05, 4.69) is 385 Å². The Balaban J connectivity index is 0.964. The fourth-order valence-corrected chi connectivity index (χ4v) is 13.5. The van der Waals surface area contributed by atoms with E-state index in [0.29, 0.717) is 0 Å². The van der Waals surface area contributed by atoms with Gasteiger partial charge in [-0.05, 0) is 232 Å². The van der Waals surface area contributed by atoms with Crippen LogP contribution in [0.15, 0.2) is 370 Å². The Kier molecular flexibility index (Phi) is 14.3. The molecule has 0 radical (unpaired) electrons. The molecule has 0 bridgehead atoms. The van der Waals surface area contributed by atoms with Crippen LogP contribution in [0.5, 0.6) is 0 Å². The zero-order valence-corrected chi connectivity index (χ0v) is 50.1. The number of anilines is 9. The SMILES string of the molecule is c1ccc(-c2cc(-c3ccc(N(c4ccccc4)c4ccccc4)cc3)c3c4ccc(-c5ccc6ccccc6c5)cc4c4cc(-c5ccc(N(c6ccccc6)c6ccccc6)cc5)ccc4c3c2-c2ccc(N(c3ccccc3)c3ccccc3)cc2)cc1. The minimum Gasteiger partial charge on any atom is -0.311 e. The largest absolute Gasteiger partial charge is 0.311 e. The third kappa shape index (κ3) is 10.4. The van der Waals surface area contributed by atoms with Crippen LogP contribution in [0.3, 0.4) is 0 Å². The summed E-state index contributed by atoms with van der Waals surface area (Å²) in [7, 11) is 0. The highest BCUT2D eigenvalue weighted by Gasteiger charge is 2.24. The number of para-hydroxylation sites is 6. The zero-order chi connectivity index (χ0) is 60.5. The first-order valence-corrected chi connectivity index (χ1v) is 31.2. The molecule has 16 rings (SSSR count). The number of hydrogen-bond acceptors (Lipinski definition) is 3. The summed E-state index contributed by atoms with van der Waals surface area (Å²) in [4.78, 5) is 7.01. The lowest BCUT2D eigenvalue weighted by molar-refractivity contribution is 1.28. The molecular weight excluding hydrogens is 1100 g/mol. The molecule has 0 aromatic heterocycles. The van der Waals surface area contributed by atoms with Gasteiger partial charge in [-0.1, -0.05) is 237 Å². The lowest BCUT2D eigenvalue weighted by Crippen LogP contribution is -2.09. The van der Waals surface area contributed by atoms with Gasteiger partial charge in [-0.25, -0.2) is 0 Å². The maximum absolute atomic E-state index is 2.48. The summed E-state index contributed by atoms with van der Waals surface area (Å²) < 4.78 is 0. The Morgan fingerprint density at radius 1 is 0.154 bits per heavy atom. The number of benzene rings is 16. The predicted octanol–water partition coefficient (Wildman–Crippen LogP) is 25.0. The van der Waals surface area contributed by atoms with Gasteiger partial charge in [0.05, 0.1) is 0 Å². The van der Waals surface area contributed by atoms with Crippen molar-refractivity contribution in [2.24, 2.45) is 0 Å². The number of fused-ring (bicyclic) bond motifs is 7. The number of nitrogens with zero attached hydrogens (tertiary/aromatic N) is 3. The van der Waals surface area contributed by atoms with Crippen LogP contribution in [0, 0.1) is 0 Å². The van der Waals surface area contributed by atoms with Crippen molar-refractivity contribution < 1.29 is 0 Å². The molecule has 0 saturated carbocycles. The summed E-state index contributed by atoms with van der Waals surface area (Å²) in [5, 5.41) is 9.60. The Hall–Kier alpha value is -12.0. The second-order valence-electron chi connectivity index (χ2n) is 23.2. The third-order valence-electron chi connectivity index (χ3n) is 17.8. The normalized spacial score (nSPS) is 11.3. The van der Waals surface area contributed by atoms with Gasteiger partial charge in [0.25, 0.3) is 0 Å². The van der Waals surface area contributed by atoms with E-state index < -0.39 is 0 Å². The fourth-order valence-electron chi connectivity index (χ4n) is 13.5. The van der Waals surface area contributed by atoms with Crippen molar-refractivity contribution in [3.63, 3.8) is 0 Å². The lowest BCUT2D eigenvalue weighted by atomic mass is 9.80. The van der Waals surface area contributed by atoms with E-state index in [4.69, 9.17) is 0 Å². The maximum Gasteiger partial charge on any atom is 0.0462 e. The lowest BCUT2D eigenvalue weighted by Gasteiger charge is -2.26. The van der Waals surface area contributed by atoms with E-state index in [9.17, 15) is 0 Å². The van der Waals surface area contributed by atoms with Crippen LogP contribution in [-0.2, 0) is 0 Å². The predicted molar refractivity (Wildman–Crippen MR) is 388 cm³/mol. The molecule has 0 atom stereocenters. The van der Waals surface area contributed by atoms with Crippen LogP contribution < -0.4 is 14.7 Å². The first-order valence-electron chi connectivity index (χ1n) is 31.2. The van der Waals surface area contributed by atoms with Crippen molar-refractivity contribution in [2.75, 3.05) is 14.7 Å². The standard InChI is InChI=1S/C88H61N3/c1-8-25-64(26-9-1)82-61-83(65-44-52-78(53-45-65)90(73-32-14-4-15-33-73)74-34-16-5-17-35-74)87-80-56-49-70(68-41-40-62-24-22-23-27-67(62)58-68)60-84(80)85-59-69(63-42-50-77(51-43-63)89(71-28-10-2-11-29-71)72-30-12-3-13-31-72)48-57-81(85)88(87)86(82)66-46-54-79(55-47-66)91(75-36-18-6-19-37-75)76-38-20-7-21-39-76/h1-61H. The van der Waals surface area contributed by atoms with E-state index in [1.165, 1.54) is 59.8 Å². The highest BCUT2D eigenvalue weighted by molar-refractivity contribution is 6.33. The molecule has 0 fully saturated rings. The van der Waals surface area contributed by atoms with Crippen LogP contribution >= 0.6 is 0 Å². The van der Waals surface area contributed by atoms with Gasteiger partial charge >= 0.3 is 0 Å². The quantitative estimate of drug-likeness (QED) is 0.101. The van der Waals surface area contributed by atoms with Gasteiger partial charge in [0.1, 0.15) is 0 Å². The Morgan fingerprint density at radius 2 is 0.451 bits per heavy atom. The molecule has 3 nitrogen and oxygen atoms in total. The smallest absolute Gasteiger partial charge is 0.0462 e. The first-order chi connectivity index (χ1) is 45.1. The molecule has 16 aromatic rings. The van der Waals surface area contributed by atoms with Crippen LogP contribution in [0.25, 0.3) is 98.7 Å². The van der Waals surface area contributed by atoms with Crippen molar-refractivity contribution in [1.82, 2.24) is 0 Å². The van der Waals surface area contributed by atoms with E-state index >= 15 is 0 Å². The molecule has 16 aromatic carbocycles. The fraction of sp³-hybridized carbons (Fsp3) is 0. The average Bonchev–Trinajstić information content (AvgIpc) is 0.759. The number of hydrogen-bond donors (Lipinski definition) is 0. The summed E-state index contributed by atoms with van der Waals surface area (Å²) in [6.45, 7) is 0. The first kappa shape index (κ1) is 54.4. The van der Waals surface area contributed by atoms with Crippen molar-refractivity contribution in [1.29, 1.82) is 0 Å². The molecule has 428 valence electrons. The van der Waals surface area contributed by atoms with Crippen LogP contribution in [0.2, 0.25) is 0 Å². The van der Waals surface area contributed by atoms with Crippen molar-refractivity contribution in [2.45, 2.75) is 0 Å². The minimum atomic E-state index is 1.08. The summed E-state index contributed by atoms with van der Waals surface area (Å²) in [6, 6.07) is 135. The van der Waals surface area contributed by atoms with E-state index in [0.717, 1.165) is 90.1 Å². The molecule has 0 aliphatic carbocycles. The highest BCUT2D eigenvalue weighted by Crippen LogP contribution is 2.51. The Bertz CT molecular complexity index is 5100. The molecule has 0 amide bonds. The second-order valence-corrected chi connectivity index (χ2v) is 23.2. The van der Waals surface area contributed by atoms with Gasteiger partial charge in [0, 0.05) is 51.2 Å². The van der Waals surface area contributed by atoms with Crippen LogP contribution in [0.1, 0.15) is 0 Å². The third-order valence-corrected chi connectivity index (χ3v) is 17.8. The van der Waals surface area contributed by atoms with Gasteiger partial charge in [-0.3, -0.25) is 0 Å². The van der Waals surface area contributed by atoms with Crippen molar-refractivity contribution in [3.05, 3.63) is 370 Å². The van der Waals surface area contributed by atoms with Crippen LogP contribution in [0.4, 0.5) is 51.2 Å². The van der Waals surface area contributed by atoms with E-state index in [1.807, 2.05) is 0 Å². The summed E-state index contributed by atoms with van der Waals surface area (Å²) in [5.74, 6) is 0. The second kappa shape index (κ2) is 23.9. The highest BCUT2D eigenvalue weighted by atomic mass is 15.2. The molecular formula is C88H61N3. The molecule has 0 heterocycles. The molecule has 0 aliphatic rings. The van der Waals surface area contributed by atoms with E-state index in [1.54, 1.807) is 0 Å². The zero-order valence-electron chi connectivity index (χ0n) is 50.1.